The van der Waals surface area contributed by atoms with Crippen LogP contribution in [0.1, 0.15) is 0 Å². The summed E-state index contributed by atoms with van der Waals surface area (Å²) in [5.41, 5.74) is 9.24. The van der Waals surface area contributed by atoms with Gasteiger partial charge in [0.1, 0.15) is 11.2 Å². The summed E-state index contributed by atoms with van der Waals surface area (Å²) in [7, 11) is 0. The Bertz CT molecular complexity index is 3120. The molecule has 1 aromatic heterocycles. The predicted octanol–water partition coefficient (Wildman–Crippen LogP) is 14.4. The number of hydrogen-bond acceptors (Lipinski definition) is 1. The topological polar surface area (TPSA) is 13.1 Å². The summed E-state index contributed by atoms with van der Waals surface area (Å²) in [6.45, 7) is 0. The van der Waals surface area contributed by atoms with Crippen molar-refractivity contribution >= 4 is 75.8 Å². The Labute approximate surface area is 294 Å². The molecule has 11 rings (SSSR count). The van der Waals surface area contributed by atoms with Gasteiger partial charge in [0, 0.05) is 16.2 Å². The fourth-order valence-corrected chi connectivity index (χ4v) is 8.51. The van der Waals surface area contributed by atoms with E-state index in [9.17, 15) is 0 Å². The summed E-state index contributed by atoms with van der Waals surface area (Å²) in [5, 5.41) is 14.8. The summed E-state index contributed by atoms with van der Waals surface area (Å²) in [6.07, 6.45) is 0. The van der Waals surface area contributed by atoms with Crippen molar-refractivity contribution in [3.8, 4) is 33.4 Å². The van der Waals surface area contributed by atoms with Gasteiger partial charge in [-0.2, -0.15) is 0 Å². The van der Waals surface area contributed by atoms with Crippen LogP contribution in [0.5, 0.6) is 0 Å². The zero-order chi connectivity index (χ0) is 33.5. The first-order valence-electron chi connectivity index (χ1n) is 17.6. The van der Waals surface area contributed by atoms with Crippen LogP contribution in [0.15, 0.2) is 186 Å². The molecule has 1 heteroatoms. The molecule has 0 amide bonds. The van der Waals surface area contributed by atoms with E-state index >= 15 is 0 Å². The first kappa shape index (κ1) is 28.2. The van der Waals surface area contributed by atoms with Crippen LogP contribution in [-0.2, 0) is 0 Å². The fourth-order valence-electron chi connectivity index (χ4n) is 8.51. The lowest BCUT2D eigenvalue weighted by atomic mass is 9.85. The molecule has 1 nitrogen and oxygen atoms in total. The maximum absolute atomic E-state index is 6.59. The highest BCUT2D eigenvalue weighted by Gasteiger charge is 2.18. The van der Waals surface area contributed by atoms with Crippen molar-refractivity contribution in [3.05, 3.63) is 182 Å². The number of furan rings is 1. The quantitative estimate of drug-likeness (QED) is 0.138. The lowest BCUT2D eigenvalue weighted by Gasteiger charge is -2.18. The standard InChI is InChI=1S/C50H30O/c1-2-12-34-29-36(26-23-31(34)11-1)48-42-18-8-6-16-40(42)47(41-17-7-9-19-43(41)48)33-24-21-32(22-25-33)35-27-28-46-45(30-35)49-39-15-5-3-13-37(39)38-14-4-10-20-44(38)50(49)51-46/h1-30H. The van der Waals surface area contributed by atoms with Crippen molar-refractivity contribution in [1.29, 1.82) is 0 Å². The van der Waals surface area contributed by atoms with Crippen LogP contribution < -0.4 is 0 Å². The van der Waals surface area contributed by atoms with Crippen LogP contribution in [0, 0.1) is 0 Å². The van der Waals surface area contributed by atoms with Crippen molar-refractivity contribution < 1.29 is 4.42 Å². The molecule has 0 aliphatic carbocycles. The average molecular weight is 647 g/mol. The third-order valence-electron chi connectivity index (χ3n) is 10.8. The summed E-state index contributed by atoms with van der Waals surface area (Å²) >= 11 is 0. The van der Waals surface area contributed by atoms with Gasteiger partial charge in [0.25, 0.3) is 0 Å². The fraction of sp³-hybridized carbons (Fsp3) is 0. The Morgan fingerprint density at radius 1 is 0.275 bits per heavy atom. The Balaban J connectivity index is 1.08. The van der Waals surface area contributed by atoms with Crippen LogP contribution in [-0.4, -0.2) is 0 Å². The minimum Gasteiger partial charge on any atom is -0.455 e. The molecular weight excluding hydrogens is 617 g/mol. The van der Waals surface area contributed by atoms with Gasteiger partial charge in [-0.25, -0.2) is 0 Å². The van der Waals surface area contributed by atoms with Gasteiger partial charge in [0.2, 0.25) is 0 Å². The molecule has 0 N–H and O–H groups in total. The van der Waals surface area contributed by atoms with E-state index in [0.29, 0.717) is 0 Å². The lowest BCUT2D eigenvalue weighted by Crippen LogP contribution is -1.91. The molecule has 0 saturated heterocycles. The van der Waals surface area contributed by atoms with Crippen molar-refractivity contribution in [2.24, 2.45) is 0 Å². The molecule has 51 heavy (non-hydrogen) atoms. The third-order valence-corrected chi connectivity index (χ3v) is 10.8. The Morgan fingerprint density at radius 3 is 1.41 bits per heavy atom. The third kappa shape index (κ3) is 4.22. The second kappa shape index (κ2) is 10.9. The maximum Gasteiger partial charge on any atom is 0.143 e. The molecule has 0 bridgehead atoms. The van der Waals surface area contributed by atoms with Crippen LogP contribution in [0.4, 0.5) is 0 Å². The highest BCUT2D eigenvalue weighted by atomic mass is 16.3. The van der Waals surface area contributed by atoms with Crippen LogP contribution in [0.3, 0.4) is 0 Å². The number of rotatable bonds is 3. The molecule has 1 heterocycles. The molecule has 0 saturated carbocycles. The van der Waals surface area contributed by atoms with Gasteiger partial charge < -0.3 is 4.42 Å². The SMILES string of the molecule is c1ccc2cc(-c3c4ccccc4c(-c4ccc(-c5ccc6oc7c8ccccc8c8ccccc8c7c6c5)cc4)c4ccccc34)ccc2c1. The smallest absolute Gasteiger partial charge is 0.143 e. The monoisotopic (exact) mass is 646 g/mol. The highest BCUT2D eigenvalue weighted by molar-refractivity contribution is 6.30. The first-order valence-corrected chi connectivity index (χ1v) is 17.6. The predicted molar refractivity (Wildman–Crippen MR) is 218 cm³/mol. The zero-order valence-electron chi connectivity index (χ0n) is 27.7. The minimum absolute atomic E-state index is 0.913. The molecule has 11 aromatic rings. The average Bonchev–Trinajstić information content (AvgIpc) is 3.59. The largest absolute Gasteiger partial charge is 0.455 e. The van der Waals surface area contributed by atoms with Crippen molar-refractivity contribution in [1.82, 2.24) is 0 Å². The van der Waals surface area contributed by atoms with Gasteiger partial charge >= 0.3 is 0 Å². The molecule has 0 radical (unpaired) electrons. The molecule has 0 aliphatic rings. The van der Waals surface area contributed by atoms with E-state index in [2.05, 4.69) is 182 Å². The van der Waals surface area contributed by atoms with Gasteiger partial charge in [0.05, 0.1) is 0 Å². The number of fused-ring (bicyclic) bond motifs is 11. The molecule has 236 valence electrons. The Kier molecular flexibility index (Phi) is 6.02. The zero-order valence-corrected chi connectivity index (χ0v) is 27.7. The number of benzene rings is 10. The summed E-state index contributed by atoms with van der Waals surface area (Å²) in [4.78, 5) is 0. The van der Waals surface area contributed by atoms with E-state index in [1.54, 1.807) is 0 Å². The van der Waals surface area contributed by atoms with Gasteiger partial charge in [-0.1, -0.05) is 164 Å². The second-order valence-electron chi connectivity index (χ2n) is 13.6. The minimum atomic E-state index is 0.913. The van der Waals surface area contributed by atoms with E-state index in [-0.39, 0.29) is 0 Å². The molecule has 0 unspecified atom stereocenters. The van der Waals surface area contributed by atoms with E-state index in [4.69, 9.17) is 4.42 Å². The molecular formula is C50H30O. The first-order chi connectivity index (χ1) is 25.3. The van der Waals surface area contributed by atoms with Crippen LogP contribution in [0.2, 0.25) is 0 Å². The lowest BCUT2D eigenvalue weighted by molar-refractivity contribution is 0.673. The van der Waals surface area contributed by atoms with E-state index in [1.807, 2.05) is 0 Å². The van der Waals surface area contributed by atoms with Crippen LogP contribution in [0.25, 0.3) is 109 Å². The highest BCUT2D eigenvalue weighted by Crippen LogP contribution is 2.45. The van der Waals surface area contributed by atoms with E-state index < -0.39 is 0 Å². The van der Waals surface area contributed by atoms with E-state index in [1.165, 1.54) is 87.2 Å². The van der Waals surface area contributed by atoms with Gasteiger partial charge in [-0.3, -0.25) is 0 Å². The van der Waals surface area contributed by atoms with Crippen molar-refractivity contribution in [2.75, 3.05) is 0 Å². The Hall–Kier alpha value is -6.70. The molecule has 10 aromatic carbocycles. The van der Waals surface area contributed by atoms with Gasteiger partial charge in [-0.15, -0.1) is 0 Å². The van der Waals surface area contributed by atoms with E-state index in [0.717, 1.165) is 21.9 Å². The van der Waals surface area contributed by atoms with Gasteiger partial charge in [0.15, 0.2) is 0 Å². The van der Waals surface area contributed by atoms with Crippen molar-refractivity contribution in [3.63, 3.8) is 0 Å². The normalized spacial score (nSPS) is 11.9. The van der Waals surface area contributed by atoms with Crippen LogP contribution >= 0.6 is 0 Å². The summed E-state index contributed by atoms with van der Waals surface area (Å²) in [6, 6.07) is 66.3. The molecule has 0 fully saturated rings. The second-order valence-corrected chi connectivity index (χ2v) is 13.6. The summed E-state index contributed by atoms with van der Waals surface area (Å²) < 4.78 is 6.59. The van der Waals surface area contributed by atoms with Gasteiger partial charge in [-0.05, 0) is 100 Å². The molecule has 0 atom stereocenters. The Morgan fingerprint density at radius 2 is 0.745 bits per heavy atom. The molecule has 0 spiro atoms. The maximum atomic E-state index is 6.59. The van der Waals surface area contributed by atoms with Crippen molar-refractivity contribution in [2.45, 2.75) is 0 Å². The number of hydrogen-bond donors (Lipinski definition) is 0. The molecule has 0 aliphatic heterocycles. The summed E-state index contributed by atoms with van der Waals surface area (Å²) in [5.74, 6) is 0.